The number of hydrogen-bond acceptors (Lipinski definition) is 6. The number of ether oxygens (including phenoxy) is 1. The van der Waals surface area contributed by atoms with Crippen LogP contribution in [0.4, 0.5) is 5.69 Å². The van der Waals surface area contributed by atoms with Crippen molar-refractivity contribution in [1.82, 2.24) is 5.32 Å². The van der Waals surface area contributed by atoms with Gasteiger partial charge in [-0.1, -0.05) is 12.1 Å². The first-order valence-electron chi connectivity index (χ1n) is 6.74. The van der Waals surface area contributed by atoms with Crippen molar-refractivity contribution in [2.24, 2.45) is 0 Å². The molecule has 0 amide bonds. The van der Waals surface area contributed by atoms with E-state index in [-0.39, 0.29) is 18.7 Å². The first kappa shape index (κ1) is 17.6. The Hall–Kier alpha value is -2.48. The number of non-ortho nitro benzene ring substituents is 1. The minimum absolute atomic E-state index is 0.0662. The number of benzene rings is 1. The van der Waals surface area contributed by atoms with E-state index in [0.29, 0.717) is 5.56 Å². The third-order valence-corrected chi connectivity index (χ3v) is 2.98. The average molecular weight is 310 g/mol. The van der Waals surface area contributed by atoms with Crippen LogP contribution in [0.5, 0.6) is 0 Å². The van der Waals surface area contributed by atoms with Crippen LogP contribution in [0.15, 0.2) is 24.3 Å². The summed E-state index contributed by atoms with van der Waals surface area (Å²) in [4.78, 5) is 32.8. The molecule has 0 aliphatic heterocycles. The topological polar surface area (TPSA) is 119 Å². The van der Waals surface area contributed by atoms with Crippen LogP contribution in [0.25, 0.3) is 0 Å². The summed E-state index contributed by atoms with van der Waals surface area (Å²) in [5.41, 5.74) is 0.546. The molecule has 1 aromatic carbocycles. The summed E-state index contributed by atoms with van der Waals surface area (Å²) in [6.45, 7) is 3.39. The van der Waals surface area contributed by atoms with Crippen LogP contribution in [0, 0.1) is 10.1 Å². The van der Waals surface area contributed by atoms with Crippen molar-refractivity contribution in [3.63, 3.8) is 0 Å². The molecule has 8 heteroatoms. The summed E-state index contributed by atoms with van der Waals surface area (Å²) in [5, 5.41) is 22.5. The van der Waals surface area contributed by atoms with Crippen molar-refractivity contribution in [3.05, 3.63) is 39.9 Å². The van der Waals surface area contributed by atoms with E-state index in [9.17, 15) is 24.8 Å². The summed E-state index contributed by atoms with van der Waals surface area (Å²) in [6, 6.07) is 3.83. The Morgan fingerprint density at radius 2 is 1.95 bits per heavy atom. The number of esters is 1. The monoisotopic (exact) mass is 310 g/mol. The maximum absolute atomic E-state index is 11.5. The number of nitrogens with zero attached hydrogens (tertiary/aromatic N) is 1. The molecule has 2 atom stereocenters. The number of hydrogen-bond donors (Lipinski definition) is 2. The van der Waals surface area contributed by atoms with Gasteiger partial charge in [-0.15, -0.1) is 0 Å². The van der Waals surface area contributed by atoms with Gasteiger partial charge in [-0.25, -0.2) is 0 Å². The zero-order chi connectivity index (χ0) is 16.7. The van der Waals surface area contributed by atoms with Gasteiger partial charge < -0.3 is 9.84 Å². The summed E-state index contributed by atoms with van der Waals surface area (Å²) >= 11 is 0. The smallest absolute Gasteiger partial charge is 0.322 e. The molecule has 0 saturated carbocycles. The molecule has 8 nitrogen and oxygen atoms in total. The highest BCUT2D eigenvalue weighted by atomic mass is 16.6. The van der Waals surface area contributed by atoms with Crippen LogP contribution in [0.3, 0.4) is 0 Å². The van der Waals surface area contributed by atoms with E-state index in [4.69, 9.17) is 4.74 Å². The van der Waals surface area contributed by atoms with E-state index < -0.39 is 28.9 Å². The van der Waals surface area contributed by atoms with E-state index >= 15 is 0 Å². The Labute approximate surface area is 127 Å². The number of nitro benzene ring substituents is 1. The Morgan fingerprint density at radius 3 is 2.41 bits per heavy atom. The standard InChI is InChI=1S/C14H18N2O6/c1-3-22-14(19)9(2)15-12(13(17)18)8-10-4-6-11(7-5-10)16(20)21/h4-7,9,12,15H,3,8H2,1-2H3,(H,17,18)/t9?,12-/m1/s1. The highest BCUT2D eigenvalue weighted by Crippen LogP contribution is 2.13. The molecule has 120 valence electrons. The number of nitro groups is 1. The van der Waals surface area contributed by atoms with Crippen LogP contribution in [-0.2, 0) is 20.7 Å². The van der Waals surface area contributed by atoms with Gasteiger partial charge in [-0.2, -0.15) is 0 Å². The number of rotatable bonds is 8. The minimum atomic E-state index is -1.12. The Bertz CT molecular complexity index is 543. The van der Waals surface area contributed by atoms with Crippen molar-refractivity contribution in [2.45, 2.75) is 32.4 Å². The molecule has 0 spiro atoms. The van der Waals surface area contributed by atoms with E-state index in [0.717, 1.165) is 0 Å². The second-order valence-electron chi connectivity index (χ2n) is 4.66. The fraction of sp³-hybridized carbons (Fsp3) is 0.429. The van der Waals surface area contributed by atoms with Gasteiger partial charge in [0.1, 0.15) is 12.1 Å². The molecule has 0 heterocycles. The Morgan fingerprint density at radius 1 is 1.36 bits per heavy atom. The molecular formula is C14H18N2O6. The largest absolute Gasteiger partial charge is 0.480 e. The van der Waals surface area contributed by atoms with Crippen LogP contribution >= 0.6 is 0 Å². The van der Waals surface area contributed by atoms with Gasteiger partial charge in [0.2, 0.25) is 0 Å². The Balaban J connectivity index is 2.73. The fourth-order valence-corrected chi connectivity index (χ4v) is 1.84. The van der Waals surface area contributed by atoms with Gasteiger partial charge in [-0.3, -0.25) is 25.0 Å². The summed E-state index contributed by atoms with van der Waals surface area (Å²) in [7, 11) is 0. The van der Waals surface area contributed by atoms with Gasteiger partial charge in [0, 0.05) is 12.1 Å². The average Bonchev–Trinajstić information content (AvgIpc) is 2.47. The van der Waals surface area contributed by atoms with Crippen molar-refractivity contribution >= 4 is 17.6 Å². The summed E-state index contributed by atoms with van der Waals surface area (Å²) in [6.07, 6.45) is 0.0943. The third-order valence-electron chi connectivity index (χ3n) is 2.98. The van der Waals surface area contributed by atoms with E-state index in [1.807, 2.05) is 0 Å². The quantitative estimate of drug-likeness (QED) is 0.419. The lowest BCUT2D eigenvalue weighted by Gasteiger charge is -2.19. The van der Waals surface area contributed by atoms with Crippen LogP contribution in [0.2, 0.25) is 0 Å². The SMILES string of the molecule is CCOC(=O)C(C)N[C@H](Cc1ccc([N+](=O)[O-])cc1)C(=O)O. The van der Waals surface area contributed by atoms with Crippen molar-refractivity contribution < 1.29 is 24.4 Å². The minimum Gasteiger partial charge on any atom is -0.480 e. The van der Waals surface area contributed by atoms with Crippen molar-refractivity contribution in [1.29, 1.82) is 0 Å². The van der Waals surface area contributed by atoms with Crippen LogP contribution < -0.4 is 5.32 Å². The molecule has 2 N–H and O–H groups in total. The molecule has 1 rings (SSSR count). The predicted octanol–water partition coefficient (Wildman–Crippen LogP) is 1.13. The molecule has 0 aliphatic rings. The highest BCUT2D eigenvalue weighted by molar-refractivity contribution is 5.78. The molecule has 0 bridgehead atoms. The number of aliphatic carboxylic acids is 1. The van der Waals surface area contributed by atoms with E-state index in [1.165, 1.54) is 31.2 Å². The molecule has 0 aromatic heterocycles. The third kappa shape index (κ3) is 5.13. The fourth-order valence-electron chi connectivity index (χ4n) is 1.84. The lowest BCUT2D eigenvalue weighted by molar-refractivity contribution is -0.384. The molecule has 0 saturated heterocycles. The number of carboxylic acids is 1. The molecule has 0 radical (unpaired) electrons. The van der Waals surface area contributed by atoms with Crippen LogP contribution in [-0.4, -0.2) is 40.7 Å². The summed E-state index contributed by atoms with van der Waals surface area (Å²) in [5.74, 6) is -1.65. The molecule has 1 aromatic rings. The maximum Gasteiger partial charge on any atom is 0.322 e. The van der Waals surface area contributed by atoms with Gasteiger partial charge in [0.15, 0.2) is 0 Å². The zero-order valence-corrected chi connectivity index (χ0v) is 12.3. The van der Waals surface area contributed by atoms with Crippen molar-refractivity contribution in [2.75, 3.05) is 6.61 Å². The Kier molecular flexibility index (Phi) is 6.46. The van der Waals surface area contributed by atoms with E-state index in [2.05, 4.69) is 5.32 Å². The van der Waals surface area contributed by atoms with Crippen LogP contribution in [0.1, 0.15) is 19.4 Å². The number of nitrogens with one attached hydrogen (secondary N) is 1. The van der Waals surface area contributed by atoms with Gasteiger partial charge in [-0.05, 0) is 25.8 Å². The van der Waals surface area contributed by atoms with Gasteiger partial charge in [0.05, 0.1) is 11.5 Å². The van der Waals surface area contributed by atoms with Crippen molar-refractivity contribution in [3.8, 4) is 0 Å². The first-order chi connectivity index (χ1) is 10.3. The number of carbonyl (C=O) groups excluding carboxylic acids is 1. The normalized spacial score (nSPS) is 13.2. The number of carboxylic acid groups (broad SMARTS) is 1. The molecule has 0 fully saturated rings. The molecule has 0 aliphatic carbocycles. The lowest BCUT2D eigenvalue weighted by Crippen LogP contribution is -2.47. The first-order valence-corrected chi connectivity index (χ1v) is 6.74. The van der Waals surface area contributed by atoms with Gasteiger partial charge >= 0.3 is 11.9 Å². The zero-order valence-electron chi connectivity index (χ0n) is 12.3. The number of carbonyl (C=O) groups is 2. The highest BCUT2D eigenvalue weighted by Gasteiger charge is 2.24. The van der Waals surface area contributed by atoms with Gasteiger partial charge in [0.25, 0.3) is 5.69 Å². The molecule has 1 unspecified atom stereocenters. The molecule has 22 heavy (non-hydrogen) atoms. The predicted molar refractivity (Wildman–Crippen MR) is 77.5 cm³/mol. The maximum atomic E-state index is 11.5. The molecular weight excluding hydrogens is 292 g/mol. The summed E-state index contributed by atoms with van der Waals surface area (Å²) < 4.78 is 4.81. The van der Waals surface area contributed by atoms with E-state index in [1.54, 1.807) is 6.92 Å². The lowest BCUT2D eigenvalue weighted by atomic mass is 10.0. The second kappa shape index (κ2) is 8.08. The second-order valence-corrected chi connectivity index (χ2v) is 4.66.